The first-order chi connectivity index (χ1) is 17.9. The number of carbonyl (C=O) groups is 2. The number of aromatic nitrogens is 1. The van der Waals surface area contributed by atoms with Crippen molar-refractivity contribution in [1.29, 1.82) is 5.41 Å². The second kappa shape index (κ2) is 13.6. The third-order valence-electron chi connectivity index (χ3n) is 4.98. The summed E-state index contributed by atoms with van der Waals surface area (Å²) < 4.78 is 60.7. The topological polar surface area (TPSA) is 220 Å². The summed E-state index contributed by atoms with van der Waals surface area (Å²) in [5.41, 5.74) is 13.1. The number of benzene rings is 1. The molecule has 1 amide bonds. The molecule has 0 aliphatic heterocycles. The van der Waals surface area contributed by atoms with Gasteiger partial charge >= 0.3 is 12.1 Å². The minimum Gasteiger partial charge on any atom is -0.475 e. The maximum Gasteiger partial charge on any atom is 0.490 e. The molecule has 1 unspecified atom stereocenters. The van der Waals surface area contributed by atoms with Gasteiger partial charge in [-0.25, -0.2) is 18.7 Å². The van der Waals surface area contributed by atoms with Crippen LogP contribution in [-0.4, -0.2) is 48.7 Å². The normalized spacial score (nSPS) is 12.2. The zero-order valence-electron chi connectivity index (χ0n) is 21.1. The van der Waals surface area contributed by atoms with Gasteiger partial charge in [0, 0.05) is 12.1 Å². The number of pyridine rings is 1. The third-order valence-corrected chi connectivity index (χ3v) is 6.36. The predicted molar refractivity (Wildman–Crippen MR) is 134 cm³/mol. The Morgan fingerprint density at radius 2 is 1.67 bits per heavy atom. The van der Waals surface area contributed by atoms with Crippen LogP contribution in [0.3, 0.4) is 0 Å². The Labute approximate surface area is 221 Å². The van der Waals surface area contributed by atoms with Gasteiger partial charge in [0.2, 0.25) is 11.9 Å². The lowest BCUT2D eigenvalue weighted by Gasteiger charge is -2.20. The second-order valence-electron chi connectivity index (χ2n) is 8.27. The Balaban J connectivity index is 0.000000956. The maximum atomic E-state index is 13.0. The number of nitrogens with zero attached hydrogens (tertiary/aromatic N) is 1. The van der Waals surface area contributed by atoms with Crippen LogP contribution in [0.25, 0.3) is 0 Å². The van der Waals surface area contributed by atoms with E-state index in [1.54, 1.807) is 19.1 Å². The average molecular weight is 579 g/mol. The number of carboxylic acids is 1. The molecule has 1 atom stereocenters. The van der Waals surface area contributed by atoms with Crippen LogP contribution in [0.1, 0.15) is 43.5 Å². The summed E-state index contributed by atoms with van der Waals surface area (Å²) >= 11 is 0. The molecule has 0 fully saturated rings. The van der Waals surface area contributed by atoms with Crippen molar-refractivity contribution in [3.05, 3.63) is 58.0 Å². The van der Waals surface area contributed by atoms with Crippen molar-refractivity contribution in [2.45, 2.75) is 50.2 Å². The van der Waals surface area contributed by atoms with Crippen LogP contribution in [0.15, 0.2) is 46.1 Å². The molecule has 39 heavy (non-hydrogen) atoms. The zero-order valence-corrected chi connectivity index (χ0v) is 21.9. The standard InChI is InChI=1S/C20H28N6O5S.C2HF3O2/c1-12(2)14-5-7-15(8-6-14)32(29,30)25-16-9-4-13(3)26(19(16)28)17(18(21)27)10-11-31-24-20(22)23;3-2(4,5)1(6)7/h4-9,12,17,25H,10-11H2,1-3H3,(H2,21,27)(H4,22,23,24);(H,6,7). The average Bonchev–Trinajstić information content (AvgIpc) is 2.81. The molecule has 0 aliphatic carbocycles. The molecule has 0 bridgehead atoms. The first-order valence-corrected chi connectivity index (χ1v) is 12.5. The SMILES string of the molecule is Cc1ccc(NS(=O)(=O)c2ccc(C(C)C)cc2)c(=O)n1C(CCONC(=N)N)C(N)=O.O=C(O)C(F)(F)F. The summed E-state index contributed by atoms with van der Waals surface area (Å²) in [6.45, 7) is 5.49. The number of halogens is 3. The quantitative estimate of drug-likeness (QED) is 0.104. The molecule has 216 valence electrons. The Morgan fingerprint density at radius 1 is 1.13 bits per heavy atom. The Bertz CT molecular complexity index is 1340. The van der Waals surface area contributed by atoms with E-state index in [-0.39, 0.29) is 29.5 Å². The van der Waals surface area contributed by atoms with E-state index in [1.165, 1.54) is 24.3 Å². The molecule has 8 N–H and O–H groups in total. The number of carbonyl (C=O) groups excluding carboxylic acids is 1. The van der Waals surface area contributed by atoms with Gasteiger partial charge in [-0.3, -0.25) is 29.1 Å². The summed E-state index contributed by atoms with van der Waals surface area (Å²) in [6.07, 6.45) is -5.09. The highest BCUT2D eigenvalue weighted by Crippen LogP contribution is 2.20. The highest BCUT2D eigenvalue weighted by atomic mass is 32.2. The number of amides is 1. The predicted octanol–water partition coefficient (Wildman–Crippen LogP) is 1.55. The number of alkyl halides is 3. The van der Waals surface area contributed by atoms with Gasteiger partial charge in [-0.05, 0) is 42.7 Å². The van der Waals surface area contributed by atoms with E-state index in [4.69, 9.17) is 31.6 Å². The van der Waals surface area contributed by atoms with Crippen LogP contribution in [0.5, 0.6) is 0 Å². The fourth-order valence-corrected chi connectivity index (χ4v) is 4.10. The van der Waals surface area contributed by atoms with Crippen LogP contribution in [0.4, 0.5) is 18.9 Å². The lowest BCUT2D eigenvalue weighted by Crippen LogP contribution is -2.38. The minimum atomic E-state index is -5.08. The molecule has 2 rings (SSSR count). The molecule has 1 aromatic carbocycles. The van der Waals surface area contributed by atoms with E-state index >= 15 is 0 Å². The summed E-state index contributed by atoms with van der Waals surface area (Å²) in [7, 11) is -4.04. The van der Waals surface area contributed by atoms with Crippen LogP contribution in [0, 0.1) is 12.3 Å². The van der Waals surface area contributed by atoms with Gasteiger partial charge < -0.3 is 16.6 Å². The fourth-order valence-electron chi connectivity index (χ4n) is 3.04. The van der Waals surface area contributed by atoms with Crippen LogP contribution >= 0.6 is 0 Å². The molecule has 1 aromatic heterocycles. The first-order valence-electron chi connectivity index (χ1n) is 11.0. The maximum absolute atomic E-state index is 13.0. The highest BCUT2D eigenvalue weighted by molar-refractivity contribution is 7.92. The highest BCUT2D eigenvalue weighted by Gasteiger charge is 2.38. The van der Waals surface area contributed by atoms with Crippen molar-refractivity contribution in [2.24, 2.45) is 11.5 Å². The summed E-state index contributed by atoms with van der Waals surface area (Å²) in [5, 5.41) is 14.2. The van der Waals surface area contributed by atoms with Gasteiger partial charge in [0.05, 0.1) is 11.5 Å². The first kappa shape index (κ1) is 32.9. The number of hydrogen-bond donors (Lipinski definition) is 6. The zero-order chi connectivity index (χ0) is 30.1. The van der Waals surface area contributed by atoms with E-state index < -0.39 is 45.6 Å². The smallest absolute Gasteiger partial charge is 0.475 e. The molecule has 0 saturated carbocycles. The number of primary amides is 1. The number of sulfonamides is 1. The van der Waals surface area contributed by atoms with Gasteiger partial charge in [-0.15, -0.1) is 0 Å². The number of anilines is 1. The molecule has 0 aliphatic rings. The third kappa shape index (κ3) is 9.93. The molecule has 0 spiro atoms. The van der Waals surface area contributed by atoms with Crippen molar-refractivity contribution in [2.75, 3.05) is 11.3 Å². The molecule has 17 heteroatoms. The van der Waals surface area contributed by atoms with Gasteiger partial charge in [0.25, 0.3) is 15.6 Å². The molecule has 13 nitrogen and oxygen atoms in total. The van der Waals surface area contributed by atoms with Crippen LogP contribution < -0.4 is 27.2 Å². The molecule has 0 saturated heterocycles. The second-order valence-corrected chi connectivity index (χ2v) is 9.95. The molecular weight excluding hydrogens is 549 g/mol. The monoisotopic (exact) mass is 578 g/mol. The summed E-state index contributed by atoms with van der Waals surface area (Å²) in [5.74, 6) is -3.74. The van der Waals surface area contributed by atoms with Crippen molar-refractivity contribution >= 4 is 33.5 Å². The van der Waals surface area contributed by atoms with Crippen LogP contribution in [-0.2, 0) is 24.4 Å². The number of rotatable bonds is 10. The van der Waals surface area contributed by atoms with E-state index in [2.05, 4.69) is 10.2 Å². The fraction of sp³-hybridized carbons (Fsp3) is 0.364. The van der Waals surface area contributed by atoms with E-state index in [0.717, 1.165) is 10.1 Å². The van der Waals surface area contributed by atoms with Gasteiger partial charge in [-0.1, -0.05) is 26.0 Å². The molecular formula is C22H29F3N6O7S. The number of aryl methyl sites for hydroxylation is 1. The lowest BCUT2D eigenvalue weighted by molar-refractivity contribution is -0.192. The summed E-state index contributed by atoms with van der Waals surface area (Å²) in [6, 6.07) is 8.10. The van der Waals surface area contributed by atoms with Gasteiger partial charge in [0.1, 0.15) is 11.7 Å². The number of hydrogen-bond acceptors (Lipinski definition) is 7. The minimum absolute atomic E-state index is 0.00332. The number of guanidine groups is 1. The number of hydroxylamine groups is 1. The molecule has 0 radical (unpaired) electrons. The Morgan fingerprint density at radius 3 is 2.10 bits per heavy atom. The number of carboxylic acid groups (broad SMARTS) is 1. The molecule has 1 heterocycles. The molecule has 2 aromatic rings. The Kier molecular flexibility index (Phi) is 11.5. The van der Waals surface area contributed by atoms with Gasteiger partial charge in [-0.2, -0.15) is 13.2 Å². The van der Waals surface area contributed by atoms with Crippen molar-refractivity contribution in [1.82, 2.24) is 10.0 Å². The largest absolute Gasteiger partial charge is 0.490 e. The summed E-state index contributed by atoms with van der Waals surface area (Å²) in [4.78, 5) is 38.9. The Hall–Kier alpha value is -4.12. The van der Waals surface area contributed by atoms with Gasteiger partial charge in [0.15, 0.2) is 0 Å². The van der Waals surface area contributed by atoms with Crippen molar-refractivity contribution in [3.63, 3.8) is 0 Å². The number of nitrogens with one attached hydrogen (secondary N) is 3. The van der Waals surface area contributed by atoms with Crippen molar-refractivity contribution < 1.29 is 41.1 Å². The lowest BCUT2D eigenvalue weighted by atomic mass is 10.0. The van der Waals surface area contributed by atoms with E-state index in [1.807, 2.05) is 13.8 Å². The van der Waals surface area contributed by atoms with Crippen LogP contribution in [0.2, 0.25) is 0 Å². The van der Waals surface area contributed by atoms with E-state index in [0.29, 0.717) is 5.69 Å². The van der Waals surface area contributed by atoms with Crippen molar-refractivity contribution in [3.8, 4) is 0 Å². The van der Waals surface area contributed by atoms with E-state index in [9.17, 15) is 31.2 Å². The number of nitrogens with two attached hydrogens (primary N) is 2. The number of aliphatic carboxylic acids is 1.